The van der Waals surface area contributed by atoms with E-state index >= 15 is 0 Å². The van der Waals surface area contributed by atoms with Crippen LogP contribution in [0.4, 0.5) is 5.69 Å². The summed E-state index contributed by atoms with van der Waals surface area (Å²) in [4.78, 5) is 24.3. The molecule has 0 fully saturated rings. The highest BCUT2D eigenvalue weighted by molar-refractivity contribution is 6.00. The summed E-state index contributed by atoms with van der Waals surface area (Å²) in [5.74, 6) is 0.451. The summed E-state index contributed by atoms with van der Waals surface area (Å²) < 4.78 is 6.94. The summed E-state index contributed by atoms with van der Waals surface area (Å²) in [6.07, 6.45) is 4.17. The second kappa shape index (κ2) is 8.46. The Morgan fingerprint density at radius 3 is 3.00 bits per heavy atom. The normalized spacial score (nSPS) is 16.3. The van der Waals surface area contributed by atoms with Crippen molar-refractivity contribution in [3.8, 4) is 0 Å². The molecule has 0 bridgehead atoms. The highest BCUT2D eigenvalue weighted by Crippen LogP contribution is 2.17. The summed E-state index contributed by atoms with van der Waals surface area (Å²) in [5.41, 5.74) is 1.13. The number of carbonyl (C=O) groups excluding carboxylic acids is 2. The Morgan fingerprint density at radius 2 is 2.15 bits per heavy atom. The molecular weight excluding hydrogens is 334 g/mol. The Bertz CT molecular complexity index is 751. The fourth-order valence-corrected chi connectivity index (χ4v) is 3.02. The number of ether oxygens (including phenoxy) is 1. The van der Waals surface area contributed by atoms with E-state index in [0.717, 1.165) is 31.6 Å². The van der Waals surface area contributed by atoms with Crippen molar-refractivity contribution in [3.05, 3.63) is 42.0 Å². The lowest BCUT2D eigenvalue weighted by Crippen LogP contribution is -2.35. The van der Waals surface area contributed by atoms with Crippen molar-refractivity contribution in [1.82, 2.24) is 20.1 Å². The molecule has 1 amide bonds. The standard InChI is InChI=1S/C18H23N5O3/c1-2-26-17(24)11-19-15-6-4-3-5-14(15)18(25)21-13-7-8-16-22-20-12-23(16)10-9-13/h3-6,12-13,19H,2,7-11H2,1H3,(H,21,25). The molecular formula is C18H23N5O3. The maximum absolute atomic E-state index is 12.7. The molecule has 26 heavy (non-hydrogen) atoms. The Labute approximate surface area is 151 Å². The first kappa shape index (κ1) is 17.9. The number of benzene rings is 1. The lowest BCUT2D eigenvalue weighted by molar-refractivity contribution is -0.140. The van der Waals surface area contributed by atoms with E-state index in [-0.39, 0.29) is 24.5 Å². The average molecular weight is 357 g/mol. The van der Waals surface area contributed by atoms with Crippen LogP contribution in [0.2, 0.25) is 0 Å². The predicted octanol–water partition coefficient (Wildman–Crippen LogP) is 1.39. The van der Waals surface area contributed by atoms with Crippen LogP contribution in [0, 0.1) is 0 Å². The van der Waals surface area contributed by atoms with Crippen molar-refractivity contribution in [2.75, 3.05) is 18.5 Å². The number of nitrogens with one attached hydrogen (secondary N) is 2. The molecule has 1 aliphatic rings. The van der Waals surface area contributed by atoms with Gasteiger partial charge in [0.15, 0.2) is 0 Å². The number of amides is 1. The van der Waals surface area contributed by atoms with E-state index in [0.29, 0.717) is 17.9 Å². The number of hydrogen-bond donors (Lipinski definition) is 2. The van der Waals surface area contributed by atoms with Crippen molar-refractivity contribution in [2.45, 2.75) is 38.8 Å². The first-order valence-corrected chi connectivity index (χ1v) is 8.83. The van der Waals surface area contributed by atoms with Crippen LogP contribution in [-0.2, 0) is 22.5 Å². The number of fused-ring (bicyclic) bond motifs is 1. The van der Waals surface area contributed by atoms with Crippen molar-refractivity contribution in [3.63, 3.8) is 0 Å². The second-order valence-corrected chi connectivity index (χ2v) is 6.14. The van der Waals surface area contributed by atoms with Crippen molar-refractivity contribution >= 4 is 17.6 Å². The topological polar surface area (TPSA) is 98.1 Å². The number of hydrogen-bond acceptors (Lipinski definition) is 6. The molecule has 1 unspecified atom stereocenters. The summed E-state index contributed by atoms with van der Waals surface area (Å²) in [6, 6.07) is 7.22. The van der Waals surface area contributed by atoms with Gasteiger partial charge in [0.2, 0.25) is 0 Å². The number of esters is 1. The van der Waals surface area contributed by atoms with Crippen LogP contribution in [0.15, 0.2) is 30.6 Å². The van der Waals surface area contributed by atoms with Crippen LogP contribution >= 0.6 is 0 Å². The van der Waals surface area contributed by atoms with E-state index in [1.165, 1.54) is 0 Å². The maximum Gasteiger partial charge on any atom is 0.325 e. The predicted molar refractivity (Wildman–Crippen MR) is 95.8 cm³/mol. The van der Waals surface area contributed by atoms with E-state index in [4.69, 9.17) is 4.74 Å². The first-order chi connectivity index (χ1) is 12.7. The number of carbonyl (C=O) groups is 2. The third-order valence-electron chi connectivity index (χ3n) is 4.37. The molecule has 138 valence electrons. The van der Waals surface area contributed by atoms with Gasteiger partial charge >= 0.3 is 5.97 Å². The third-order valence-corrected chi connectivity index (χ3v) is 4.37. The molecule has 0 aliphatic carbocycles. The molecule has 2 N–H and O–H groups in total. The summed E-state index contributed by atoms with van der Waals surface area (Å²) in [5, 5.41) is 14.1. The molecule has 0 saturated heterocycles. The van der Waals surface area contributed by atoms with E-state index in [2.05, 4.69) is 20.8 Å². The minimum atomic E-state index is -0.352. The molecule has 8 heteroatoms. The van der Waals surface area contributed by atoms with Gasteiger partial charge in [-0.25, -0.2) is 0 Å². The summed E-state index contributed by atoms with van der Waals surface area (Å²) in [7, 11) is 0. The molecule has 0 radical (unpaired) electrons. The molecule has 1 aliphatic heterocycles. The van der Waals surface area contributed by atoms with Crippen LogP contribution in [-0.4, -0.2) is 45.8 Å². The molecule has 1 aromatic carbocycles. The second-order valence-electron chi connectivity index (χ2n) is 6.14. The number of anilines is 1. The van der Waals surface area contributed by atoms with Gasteiger partial charge in [0.05, 0.1) is 12.2 Å². The molecule has 1 atom stereocenters. The number of rotatable bonds is 6. The smallest absolute Gasteiger partial charge is 0.325 e. The fourth-order valence-electron chi connectivity index (χ4n) is 3.02. The minimum absolute atomic E-state index is 0.0235. The van der Waals surface area contributed by atoms with Crippen LogP contribution < -0.4 is 10.6 Å². The van der Waals surface area contributed by atoms with Gasteiger partial charge < -0.3 is 19.9 Å². The summed E-state index contributed by atoms with van der Waals surface area (Å²) >= 11 is 0. The lowest BCUT2D eigenvalue weighted by atomic mass is 10.1. The van der Waals surface area contributed by atoms with Crippen LogP contribution in [0.25, 0.3) is 0 Å². The van der Waals surface area contributed by atoms with Gasteiger partial charge in [-0.05, 0) is 31.9 Å². The first-order valence-electron chi connectivity index (χ1n) is 8.83. The van der Waals surface area contributed by atoms with Gasteiger partial charge in [0.25, 0.3) is 5.91 Å². The average Bonchev–Trinajstić information content (AvgIpc) is 3.02. The SMILES string of the molecule is CCOC(=O)CNc1ccccc1C(=O)NC1CCc2nncn2CC1. The Hall–Kier alpha value is -2.90. The molecule has 2 heterocycles. The van der Waals surface area contributed by atoms with Gasteiger partial charge in [-0.1, -0.05) is 12.1 Å². The Balaban J connectivity index is 1.61. The number of aryl methyl sites for hydroxylation is 2. The zero-order valence-electron chi connectivity index (χ0n) is 14.8. The number of nitrogens with zero attached hydrogens (tertiary/aromatic N) is 3. The monoisotopic (exact) mass is 357 g/mol. The lowest BCUT2D eigenvalue weighted by Gasteiger charge is -2.18. The molecule has 8 nitrogen and oxygen atoms in total. The Morgan fingerprint density at radius 1 is 1.31 bits per heavy atom. The van der Waals surface area contributed by atoms with Crippen molar-refractivity contribution in [1.29, 1.82) is 0 Å². The van der Waals surface area contributed by atoms with E-state index in [1.807, 2.05) is 10.6 Å². The van der Waals surface area contributed by atoms with E-state index in [9.17, 15) is 9.59 Å². The van der Waals surface area contributed by atoms with Crippen molar-refractivity contribution in [2.24, 2.45) is 0 Å². The van der Waals surface area contributed by atoms with Crippen LogP contribution in [0.5, 0.6) is 0 Å². The highest BCUT2D eigenvalue weighted by Gasteiger charge is 2.20. The maximum atomic E-state index is 12.7. The van der Waals surface area contributed by atoms with Crippen molar-refractivity contribution < 1.29 is 14.3 Å². The van der Waals surface area contributed by atoms with E-state index < -0.39 is 0 Å². The third kappa shape index (κ3) is 4.38. The number of aromatic nitrogens is 3. The molecule has 3 rings (SSSR count). The quantitative estimate of drug-likeness (QED) is 0.758. The molecule has 1 aromatic heterocycles. The summed E-state index contributed by atoms with van der Waals surface area (Å²) in [6.45, 7) is 2.90. The van der Waals surface area contributed by atoms with Gasteiger partial charge in [0.1, 0.15) is 18.7 Å². The van der Waals surface area contributed by atoms with Gasteiger partial charge in [-0.3, -0.25) is 9.59 Å². The molecule has 0 saturated carbocycles. The highest BCUT2D eigenvalue weighted by atomic mass is 16.5. The Kier molecular flexibility index (Phi) is 5.83. The van der Waals surface area contributed by atoms with Crippen LogP contribution in [0.1, 0.15) is 35.9 Å². The van der Waals surface area contributed by atoms with E-state index in [1.54, 1.807) is 31.5 Å². The van der Waals surface area contributed by atoms with Crippen LogP contribution in [0.3, 0.4) is 0 Å². The molecule has 2 aromatic rings. The van der Waals surface area contributed by atoms with Gasteiger partial charge in [0, 0.05) is 24.7 Å². The minimum Gasteiger partial charge on any atom is -0.465 e. The molecule has 0 spiro atoms. The fraction of sp³-hybridized carbons (Fsp3) is 0.444. The number of para-hydroxylation sites is 1. The zero-order valence-corrected chi connectivity index (χ0v) is 14.8. The zero-order chi connectivity index (χ0) is 18.4. The largest absolute Gasteiger partial charge is 0.465 e. The van der Waals surface area contributed by atoms with Gasteiger partial charge in [-0.15, -0.1) is 10.2 Å². The van der Waals surface area contributed by atoms with Gasteiger partial charge in [-0.2, -0.15) is 0 Å².